The van der Waals surface area contributed by atoms with Gasteiger partial charge < -0.3 is 19.6 Å². The van der Waals surface area contributed by atoms with E-state index >= 15 is 0 Å². The Morgan fingerprint density at radius 3 is 2.30 bits per heavy atom. The van der Waals surface area contributed by atoms with Crippen molar-refractivity contribution in [2.75, 3.05) is 53.5 Å². The highest BCUT2D eigenvalue weighted by Crippen LogP contribution is 2.37. The highest BCUT2D eigenvalue weighted by Gasteiger charge is 2.30. The molecule has 2 aromatic carbocycles. The SMILES string of the molecule is O=C(O)CN(c1ccc2c(c1)CCN2c1ccc(N2CCOCC2)nn1)S(=O)(=O)c1cc(Cl)cc(Cl)c1. The number of rotatable bonds is 7. The number of benzene rings is 2. The van der Waals surface area contributed by atoms with Gasteiger partial charge in [-0.2, -0.15) is 0 Å². The van der Waals surface area contributed by atoms with E-state index < -0.39 is 22.5 Å². The number of hydrogen-bond donors (Lipinski definition) is 1. The van der Waals surface area contributed by atoms with Crippen LogP contribution in [0.25, 0.3) is 0 Å². The topological polar surface area (TPSA) is 116 Å². The molecular weight excluding hydrogens is 541 g/mol. The van der Waals surface area contributed by atoms with Crippen LogP contribution in [0.15, 0.2) is 53.4 Å². The number of carboxylic acid groups (broad SMARTS) is 1. The van der Waals surface area contributed by atoms with Gasteiger partial charge in [0, 0.05) is 35.4 Å². The molecule has 1 aromatic heterocycles. The van der Waals surface area contributed by atoms with Crippen LogP contribution >= 0.6 is 23.2 Å². The third kappa shape index (κ3) is 5.30. The maximum absolute atomic E-state index is 13.4. The third-order valence-corrected chi connectivity index (χ3v) is 8.39. The Hall–Kier alpha value is -3.12. The van der Waals surface area contributed by atoms with Gasteiger partial charge in [0.2, 0.25) is 0 Å². The van der Waals surface area contributed by atoms with Crippen molar-refractivity contribution in [3.8, 4) is 0 Å². The summed E-state index contributed by atoms with van der Waals surface area (Å²) in [6, 6.07) is 12.8. The fourth-order valence-electron chi connectivity index (χ4n) is 4.45. The average molecular weight is 564 g/mol. The van der Waals surface area contributed by atoms with Crippen LogP contribution in [0.3, 0.4) is 0 Å². The second-order valence-electron chi connectivity index (χ2n) is 8.57. The first-order valence-corrected chi connectivity index (χ1v) is 13.7. The lowest BCUT2D eigenvalue weighted by atomic mass is 10.1. The molecule has 0 radical (unpaired) electrons. The van der Waals surface area contributed by atoms with Crippen molar-refractivity contribution in [1.29, 1.82) is 0 Å². The van der Waals surface area contributed by atoms with Crippen LogP contribution < -0.4 is 14.1 Å². The van der Waals surface area contributed by atoms with Crippen LogP contribution in [0.1, 0.15) is 5.56 Å². The van der Waals surface area contributed by atoms with Crippen LogP contribution in [-0.2, 0) is 26.0 Å². The summed E-state index contributed by atoms with van der Waals surface area (Å²) in [6.07, 6.45) is 0.625. The molecule has 10 nitrogen and oxygen atoms in total. The number of sulfonamides is 1. The van der Waals surface area contributed by atoms with Gasteiger partial charge in [0.1, 0.15) is 6.54 Å². The summed E-state index contributed by atoms with van der Waals surface area (Å²) >= 11 is 12.0. The van der Waals surface area contributed by atoms with E-state index in [1.54, 1.807) is 18.2 Å². The predicted molar refractivity (Wildman–Crippen MR) is 141 cm³/mol. The molecule has 0 amide bonds. The molecule has 2 aliphatic rings. The first-order chi connectivity index (χ1) is 17.7. The zero-order valence-corrected chi connectivity index (χ0v) is 21.9. The molecule has 3 aromatic rings. The zero-order chi connectivity index (χ0) is 26.2. The molecule has 1 saturated heterocycles. The van der Waals surface area contributed by atoms with Crippen LogP contribution in [0, 0.1) is 0 Å². The number of aromatic nitrogens is 2. The molecule has 194 valence electrons. The maximum atomic E-state index is 13.4. The Morgan fingerprint density at radius 1 is 0.973 bits per heavy atom. The van der Waals surface area contributed by atoms with E-state index in [2.05, 4.69) is 15.1 Å². The van der Waals surface area contributed by atoms with Crippen molar-refractivity contribution in [3.05, 3.63) is 64.1 Å². The Morgan fingerprint density at radius 2 is 1.65 bits per heavy atom. The minimum absolute atomic E-state index is 0.131. The van der Waals surface area contributed by atoms with Gasteiger partial charge in [-0.1, -0.05) is 23.2 Å². The minimum atomic E-state index is -4.26. The van der Waals surface area contributed by atoms with Crippen LogP contribution in [0.4, 0.5) is 23.0 Å². The quantitative estimate of drug-likeness (QED) is 0.460. The number of anilines is 4. The van der Waals surface area contributed by atoms with E-state index in [0.717, 1.165) is 34.5 Å². The molecule has 1 N–H and O–H groups in total. The summed E-state index contributed by atoms with van der Waals surface area (Å²) in [4.78, 5) is 15.5. The number of morpholine rings is 1. The molecule has 0 spiro atoms. The molecule has 0 atom stereocenters. The number of carbonyl (C=O) groups is 1. The average Bonchev–Trinajstić information content (AvgIpc) is 3.30. The molecule has 0 unspecified atom stereocenters. The zero-order valence-electron chi connectivity index (χ0n) is 19.5. The maximum Gasteiger partial charge on any atom is 0.324 e. The standard InChI is InChI=1S/C24H23Cl2N5O5S/c25-17-12-18(26)14-20(13-17)37(34,35)31(15-24(32)33)19-1-2-21-16(11-19)5-6-30(21)23-4-3-22(27-28-23)29-7-9-36-10-8-29/h1-4,11-14H,5-10,15H2,(H,32,33). The molecule has 3 heterocycles. The van der Waals surface area contributed by atoms with Gasteiger partial charge in [0.05, 0.1) is 23.8 Å². The van der Waals surface area contributed by atoms with Gasteiger partial charge in [-0.3, -0.25) is 9.10 Å². The first-order valence-electron chi connectivity index (χ1n) is 11.5. The smallest absolute Gasteiger partial charge is 0.324 e. The third-order valence-electron chi connectivity index (χ3n) is 6.20. The molecule has 5 rings (SSSR count). The number of carboxylic acids is 1. The lowest BCUT2D eigenvalue weighted by molar-refractivity contribution is -0.135. The summed E-state index contributed by atoms with van der Waals surface area (Å²) in [5.74, 6) is 0.166. The van der Waals surface area contributed by atoms with E-state index in [4.69, 9.17) is 27.9 Å². The van der Waals surface area contributed by atoms with Crippen LogP contribution in [0.5, 0.6) is 0 Å². The van der Waals surface area contributed by atoms with E-state index in [9.17, 15) is 18.3 Å². The van der Waals surface area contributed by atoms with E-state index in [1.165, 1.54) is 18.2 Å². The Kier molecular flexibility index (Phi) is 7.13. The van der Waals surface area contributed by atoms with Crippen molar-refractivity contribution in [2.45, 2.75) is 11.3 Å². The normalized spacial score (nSPS) is 15.5. The summed E-state index contributed by atoms with van der Waals surface area (Å²) in [7, 11) is -4.26. The number of halogens is 2. The number of fused-ring (bicyclic) bond motifs is 1. The molecule has 37 heavy (non-hydrogen) atoms. The van der Waals surface area contributed by atoms with Gasteiger partial charge in [-0.25, -0.2) is 8.42 Å². The van der Waals surface area contributed by atoms with Crippen LogP contribution in [0.2, 0.25) is 10.0 Å². The molecular formula is C24H23Cl2N5O5S. The highest BCUT2D eigenvalue weighted by atomic mass is 35.5. The molecule has 1 fully saturated rings. The number of aliphatic carboxylic acids is 1. The van der Waals surface area contributed by atoms with Crippen molar-refractivity contribution >= 4 is 62.2 Å². The Balaban J connectivity index is 1.43. The first kappa shape index (κ1) is 25.5. The van der Waals surface area contributed by atoms with Crippen LogP contribution in [-0.4, -0.2) is 69.1 Å². The van der Waals surface area contributed by atoms with Crippen molar-refractivity contribution in [1.82, 2.24) is 10.2 Å². The monoisotopic (exact) mass is 563 g/mol. The van der Waals surface area contributed by atoms with E-state index in [-0.39, 0.29) is 20.6 Å². The van der Waals surface area contributed by atoms with Gasteiger partial charge in [0.25, 0.3) is 10.0 Å². The van der Waals surface area contributed by atoms with Crippen molar-refractivity contribution in [3.63, 3.8) is 0 Å². The lowest BCUT2D eigenvalue weighted by Gasteiger charge is -2.27. The second-order valence-corrected chi connectivity index (χ2v) is 11.3. The van der Waals surface area contributed by atoms with Gasteiger partial charge in [0.15, 0.2) is 11.6 Å². The minimum Gasteiger partial charge on any atom is -0.480 e. The van der Waals surface area contributed by atoms with E-state index in [1.807, 2.05) is 17.0 Å². The largest absolute Gasteiger partial charge is 0.480 e. The number of ether oxygens (including phenoxy) is 1. The lowest BCUT2D eigenvalue weighted by Crippen LogP contribution is -2.36. The number of hydrogen-bond acceptors (Lipinski definition) is 8. The molecule has 2 aliphatic heterocycles. The predicted octanol–water partition coefficient (Wildman–Crippen LogP) is 3.59. The summed E-state index contributed by atoms with van der Waals surface area (Å²) < 4.78 is 33.1. The molecule has 0 bridgehead atoms. The van der Waals surface area contributed by atoms with E-state index in [0.29, 0.717) is 32.0 Å². The fraction of sp³-hybridized carbons (Fsp3) is 0.292. The summed E-state index contributed by atoms with van der Waals surface area (Å²) in [6.45, 7) is 2.71. The van der Waals surface area contributed by atoms with Gasteiger partial charge in [-0.15, -0.1) is 10.2 Å². The van der Waals surface area contributed by atoms with Crippen molar-refractivity contribution < 1.29 is 23.1 Å². The van der Waals surface area contributed by atoms with Gasteiger partial charge in [-0.05, 0) is 60.5 Å². The van der Waals surface area contributed by atoms with Crippen molar-refractivity contribution in [2.24, 2.45) is 0 Å². The summed E-state index contributed by atoms with van der Waals surface area (Å²) in [5.41, 5.74) is 1.95. The Labute approximate surface area is 224 Å². The summed E-state index contributed by atoms with van der Waals surface area (Å²) in [5, 5.41) is 18.5. The second kappa shape index (κ2) is 10.3. The van der Waals surface area contributed by atoms with Gasteiger partial charge >= 0.3 is 5.97 Å². The Bertz CT molecular complexity index is 1410. The fourth-order valence-corrected chi connectivity index (χ4v) is 6.58. The number of nitrogens with zero attached hydrogens (tertiary/aromatic N) is 5. The molecule has 0 aliphatic carbocycles. The highest BCUT2D eigenvalue weighted by molar-refractivity contribution is 7.92. The molecule has 13 heteroatoms. The molecule has 0 saturated carbocycles.